The van der Waals surface area contributed by atoms with Crippen LogP contribution in [0.2, 0.25) is 0 Å². The summed E-state index contributed by atoms with van der Waals surface area (Å²) in [6.07, 6.45) is 2.61. The third-order valence-electron chi connectivity index (χ3n) is 6.65. The van der Waals surface area contributed by atoms with Crippen LogP contribution >= 0.6 is 0 Å². The first-order valence-electron chi connectivity index (χ1n) is 11.7. The molecule has 3 aromatic rings. The number of fused-ring (bicyclic) bond motifs is 1. The summed E-state index contributed by atoms with van der Waals surface area (Å²) in [6.45, 7) is 3.70. The predicted octanol–water partition coefficient (Wildman–Crippen LogP) is 2.24. The van der Waals surface area contributed by atoms with E-state index in [0.29, 0.717) is 39.3 Å². The van der Waals surface area contributed by atoms with Crippen LogP contribution in [0.4, 0.5) is 5.69 Å². The second-order valence-electron chi connectivity index (χ2n) is 8.83. The average molecular weight is 457 g/mol. The number of hydrogen-bond donors (Lipinski definition) is 0. The van der Waals surface area contributed by atoms with Crippen LogP contribution in [0.25, 0.3) is 0 Å². The number of benzene rings is 2. The summed E-state index contributed by atoms with van der Waals surface area (Å²) in [6, 6.07) is 21.1. The minimum Gasteiger partial charge on any atom is -0.336 e. The maximum Gasteiger partial charge on any atom is 0.263 e. The van der Waals surface area contributed by atoms with Crippen LogP contribution in [-0.2, 0) is 17.8 Å². The number of para-hydroxylation sites is 1. The molecule has 7 heteroatoms. The van der Waals surface area contributed by atoms with Crippen molar-refractivity contribution in [2.75, 3.05) is 44.2 Å². The molecule has 0 unspecified atom stereocenters. The number of nitrogens with zero attached hydrogens (tertiary/aromatic N) is 4. The second kappa shape index (κ2) is 9.65. The van der Waals surface area contributed by atoms with Gasteiger partial charge in [-0.2, -0.15) is 0 Å². The van der Waals surface area contributed by atoms with Gasteiger partial charge in [0.05, 0.1) is 13.1 Å². The summed E-state index contributed by atoms with van der Waals surface area (Å²) in [5, 5.41) is 0. The van der Waals surface area contributed by atoms with Gasteiger partial charge in [-0.1, -0.05) is 48.5 Å². The van der Waals surface area contributed by atoms with Crippen molar-refractivity contribution in [1.29, 1.82) is 0 Å². The van der Waals surface area contributed by atoms with Crippen molar-refractivity contribution in [3.8, 4) is 0 Å². The Balaban J connectivity index is 1.19. The molecule has 0 aliphatic carbocycles. The highest BCUT2D eigenvalue weighted by molar-refractivity contribution is 5.97. The first-order chi connectivity index (χ1) is 16.6. The Kier molecular flexibility index (Phi) is 6.27. The highest BCUT2D eigenvalue weighted by atomic mass is 16.2. The lowest BCUT2D eigenvalue weighted by Crippen LogP contribution is -2.52. The highest BCUT2D eigenvalue weighted by Gasteiger charge is 2.28. The van der Waals surface area contributed by atoms with E-state index in [1.54, 1.807) is 27.8 Å². The van der Waals surface area contributed by atoms with Gasteiger partial charge in [0, 0.05) is 44.6 Å². The van der Waals surface area contributed by atoms with E-state index in [2.05, 4.69) is 11.0 Å². The molecule has 2 aromatic carbocycles. The van der Waals surface area contributed by atoms with Crippen LogP contribution in [0.3, 0.4) is 0 Å². The summed E-state index contributed by atoms with van der Waals surface area (Å²) in [4.78, 5) is 44.7. The molecular weight excluding hydrogens is 428 g/mol. The Morgan fingerprint density at radius 1 is 0.794 bits per heavy atom. The van der Waals surface area contributed by atoms with Gasteiger partial charge in [0.2, 0.25) is 5.91 Å². The lowest BCUT2D eigenvalue weighted by molar-refractivity contribution is -0.120. The maximum absolute atomic E-state index is 13.1. The molecule has 2 aliphatic rings. The van der Waals surface area contributed by atoms with Crippen molar-refractivity contribution in [2.45, 2.75) is 13.0 Å². The topological polar surface area (TPSA) is 65.9 Å². The zero-order valence-corrected chi connectivity index (χ0v) is 19.1. The van der Waals surface area contributed by atoms with Crippen LogP contribution in [0.15, 0.2) is 77.7 Å². The van der Waals surface area contributed by atoms with E-state index in [4.69, 9.17) is 0 Å². The molecule has 3 heterocycles. The summed E-state index contributed by atoms with van der Waals surface area (Å²) in [7, 11) is 0. The molecule has 2 amide bonds. The van der Waals surface area contributed by atoms with Gasteiger partial charge in [-0.05, 0) is 35.7 Å². The Bertz CT molecular complexity index is 1250. The number of amides is 2. The molecule has 7 nitrogen and oxygen atoms in total. The third kappa shape index (κ3) is 4.52. The quantitative estimate of drug-likeness (QED) is 0.591. The second-order valence-corrected chi connectivity index (χ2v) is 8.83. The summed E-state index contributed by atoms with van der Waals surface area (Å²) < 4.78 is 1.57. The Morgan fingerprint density at radius 3 is 2.32 bits per heavy atom. The summed E-state index contributed by atoms with van der Waals surface area (Å²) in [5.41, 5.74) is 3.15. The van der Waals surface area contributed by atoms with Gasteiger partial charge < -0.3 is 14.4 Å². The van der Waals surface area contributed by atoms with Crippen LogP contribution in [0, 0.1) is 0 Å². The fourth-order valence-corrected chi connectivity index (χ4v) is 4.76. The number of carbonyl (C=O) groups excluding carboxylic acids is 2. The van der Waals surface area contributed by atoms with Crippen molar-refractivity contribution >= 4 is 17.5 Å². The highest BCUT2D eigenvalue weighted by Crippen LogP contribution is 2.27. The van der Waals surface area contributed by atoms with E-state index in [1.165, 1.54) is 5.56 Å². The van der Waals surface area contributed by atoms with Crippen LogP contribution < -0.4 is 10.5 Å². The molecule has 2 aliphatic heterocycles. The first kappa shape index (κ1) is 22.1. The normalized spacial score (nSPS) is 15.9. The number of pyridine rings is 1. The van der Waals surface area contributed by atoms with Gasteiger partial charge in [-0.15, -0.1) is 0 Å². The van der Waals surface area contributed by atoms with E-state index in [0.717, 1.165) is 24.2 Å². The zero-order chi connectivity index (χ0) is 23.5. The minimum absolute atomic E-state index is 0.0941. The smallest absolute Gasteiger partial charge is 0.263 e. The van der Waals surface area contributed by atoms with Crippen LogP contribution in [0.5, 0.6) is 0 Å². The number of anilines is 1. The standard InChI is InChI=1S/C27H28N4O3/c32-25(31-14-12-22-9-4-5-11-24(22)31)20-28-15-17-29(18-16-28)26(33)23-10-6-13-30(27(23)34)19-21-7-2-1-3-8-21/h1-11,13H,12,14-20H2. The molecule has 0 atom stereocenters. The summed E-state index contributed by atoms with van der Waals surface area (Å²) >= 11 is 0. The third-order valence-corrected chi connectivity index (χ3v) is 6.65. The van der Waals surface area contributed by atoms with Gasteiger partial charge in [0.1, 0.15) is 5.56 Å². The molecule has 0 radical (unpaired) electrons. The van der Waals surface area contributed by atoms with E-state index in [9.17, 15) is 14.4 Å². The van der Waals surface area contributed by atoms with Gasteiger partial charge >= 0.3 is 0 Å². The Morgan fingerprint density at radius 2 is 1.53 bits per heavy atom. The van der Waals surface area contributed by atoms with Gasteiger partial charge in [0.25, 0.3) is 11.5 Å². The summed E-state index contributed by atoms with van der Waals surface area (Å²) in [5.74, 6) is -0.150. The first-order valence-corrected chi connectivity index (χ1v) is 11.7. The maximum atomic E-state index is 13.1. The predicted molar refractivity (Wildman–Crippen MR) is 131 cm³/mol. The average Bonchev–Trinajstić information content (AvgIpc) is 3.30. The molecule has 0 N–H and O–H groups in total. The number of aromatic nitrogens is 1. The lowest BCUT2D eigenvalue weighted by atomic mass is 10.2. The lowest BCUT2D eigenvalue weighted by Gasteiger charge is -2.35. The van der Waals surface area contributed by atoms with Crippen molar-refractivity contribution in [1.82, 2.24) is 14.4 Å². The van der Waals surface area contributed by atoms with E-state index >= 15 is 0 Å². The number of rotatable bonds is 5. The monoisotopic (exact) mass is 456 g/mol. The molecule has 0 bridgehead atoms. The number of carbonyl (C=O) groups is 2. The Hall–Kier alpha value is -3.71. The van der Waals surface area contributed by atoms with Crippen molar-refractivity contribution < 1.29 is 9.59 Å². The van der Waals surface area contributed by atoms with Crippen LogP contribution in [0.1, 0.15) is 21.5 Å². The molecule has 174 valence electrons. The molecule has 0 spiro atoms. The molecule has 34 heavy (non-hydrogen) atoms. The van der Waals surface area contributed by atoms with E-state index in [1.807, 2.05) is 53.4 Å². The van der Waals surface area contributed by atoms with E-state index in [-0.39, 0.29) is 22.9 Å². The SMILES string of the molecule is O=C(c1cccn(Cc2ccccc2)c1=O)N1CCN(CC(=O)N2CCc3ccccc32)CC1. The molecule has 1 saturated heterocycles. The largest absolute Gasteiger partial charge is 0.336 e. The van der Waals surface area contributed by atoms with Gasteiger partial charge in [-0.25, -0.2) is 0 Å². The Labute approximate surface area is 198 Å². The number of hydrogen-bond acceptors (Lipinski definition) is 4. The van der Waals surface area contributed by atoms with Crippen LogP contribution in [-0.4, -0.2) is 65.4 Å². The molecular formula is C27H28N4O3. The fourth-order valence-electron chi connectivity index (χ4n) is 4.76. The van der Waals surface area contributed by atoms with Gasteiger partial charge in [0.15, 0.2) is 0 Å². The van der Waals surface area contributed by atoms with Crippen molar-refractivity contribution in [3.05, 3.63) is 100.0 Å². The number of piperazine rings is 1. The molecule has 1 aromatic heterocycles. The zero-order valence-electron chi connectivity index (χ0n) is 19.1. The van der Waals surface area contributed by atoms with E-state index < -0.39 is 0 Å². The van der Waals surface area contributed by atoms with Gasteiger partial charge in [-0.3, -0.25) is 19.3 Å². The minimum atomic E-state index is -0.276. The van der Waals surface area contributed by atoms with Crippen molar-refractivity contribution in [3.63, 3.8) is 0 Å². The fraction of sp³-hybridized carbons (Fsp3) is 0.296. The van der Waals surface area contributed by atoms with Crippen molar-refractivity contribution in [2.24, 2.45) is 0 Å². The molecule has 0 saturated carbocycles. The molecule has 1 fully saturated rings. The molecule has 5 rings (SSSR count).